The quantitative estimate of drug-likeness (QED) is 0.637. The Bertz CT molecular complexity index is 374. The molecular formula is C12H14O2. The maximum atomic E-state index is 11.4. The zero-order chi connectivity index (χ0) is 10.3. The molecule has 0 aromatic carbocycles. The van der Waals surface area contributed by atoms with Crippen LogP contribution in [-0.2, 0) is 4.79 Å². The molecule has 0 aromatic rings. The molecule has 2 aliphatic carbocycles. The van der Waals surface area contributed by atoms with Gasteiger partial charge in [0.15, 0.2) is 5.78 Å². The first-order valence-electron chi connectivity index (χ1n) is 4.88. The van der Waals surface area contributed by atoms with Gasteiger partial charge in [0, 0.05) is 6.42 Å². The summed E-state index contributed by atoms with van der Waals surface area (Å²) in [5.74, 6) is 0.687. The number of hydrogen-bond donors (Lipinski definition) is 1. The van der Waals surface area contributed by atoms with Gasteiger partial charge in [-0.25, -0.2) is 0 Å². The minimum Gasteiger partial charge on any atom is -0.511 e. The van der Waals surface area contributed by atoms with Gasteiger partial charge in [-0.05, 0) is 30.6 Å². The Hall–Kier alpha value is -1.31. The lowest BCUT2D eigenvalue weighted by molar-refractivity contribution is -0.116. The Morgan fingerprint density at radius 1 is 1.57 bits per heavy atom. The molecule has 2 atom stereocenters. The number of rotatable bonds is 0. The third-order valence-electron chi connectivity index (χ3n) is 3.47. The van der Waals surface area contributed by atoms with E-state index < -0.39 is 0 Å². The topological polar surface area (TPSA) is 37.3 Å². The molecule has 14 heavy (non-hydrogen) atoms. The first kappa shape index (κ1) is 9.25. The third-order valence-corrected chi connectivity index (χ3v) is 3.47. The van der Waals surface area contributed by atoms with Crippen LogP contribution in [0.1, 0.15) is 20.3 Å². The summed E-state index contributed by atoms with van der Waals surface area (Å²) in [5, 5.41) is 9.88. The molecule has 0 aromatic heterocycles. The molecular weight excluding hydrogens is 176 g/mol. The molecule has 0 radical (unpaired) electrons. The van der Waals surface area contributed by atoms with E-state index in [0.717, 1.165) is 5.57 Å². The molecule has 0 saturated heterocycles. The second-order valence-corrected chi connectivity index (χ2v) is 4.28. The van der Waals surface area contributed by atoms with Crippen LogP contribution in [0.5, 0.6) is 0 Å². The van der Waals surface area contributed by atoms with Gasteiger partial charge in [-0.3, -0.25) is 4.79 Å². The molecule has 2 aliphatic rings. The van der Waals surface area contributed by atoms with Crippen LogP contribution in [0.15, 0.2) is 35.6 Å². The van der Waals surface area contributed by atoms with Gasteiger partial charge in [0.25, 0.3) is 0 Å². The third kappa shape index (κ3) is 1.07. The number of hydrogen-bond acceptors (Lipinski definition) is 2. The average Bonchev–Trinajstić information content (AvgIpc) is 2.11. The first-order chi connectivity index (χ1) is 6.55. The van der Waals surface area contributed by atoms with Crippen molar-refractivity contribution in [1.82, 2.24) is 0 Å². The largest absolute Gasteiger partial charge is 0.511 e. The average molecular weight is 190 g/mol. The molecule has 2 heteroatoms. The van der Waals surface area contributed by atoms with E-state index in [0.29, 0.717) is 12.2 Å². The van der Waals surface area contributed by atoms with E-state index in [-0.39, 0.29) is 17.1 Å². The summed E-state index contributed by atoms with van der Waals surface area (Å²) in [6.07, 6.45) is 7.58. The van der Waals surface area contributed by atoms with Gasteiger partial charge in [-0.2, -0.15) is 0 Å². The van der Waals surface area contributed by atoms with Crippen molar-refractivity contribution in [3.8, 4) is 0 Å². The highest BCUT2D eigenvalue weighted by molar-refractivity contribution is 5.92. The van der Waals surface area contributed by atoms with Crippen LogP contribution in [0.3, 0.4) is 0 Å². The summed E-state index contributed by atoms with van der Waals surface area (Å²) in [7, 11) is 0. The standard InChI is InChI=1S/C12H14O2/c1-8-6-10(13)7-9-4-3-5-11(14)12(8,9)2/h3-5,7-8,14H,6H2,1-2H3. The minimum atomic E-state index is -0.358. The second kappa shape index (κ2) is 2.84. The van der Waals surface area contributed by atoms with Crippen LogP contribution in [0.2, 0.25) is 0 Å². The van der Waals surface area contributed by atoms with E-state index in [4.69, 9.17) is 0 Å². The summed E-state index contributed by atoms with van der Waals surface area (Å²) < 4.78 is 0. The molecule has 2 rings (SSSR count). The molecule has 0 heterocycles. The highest BCUT2D eigenvalue weighted by atomic mass is 16.3. The second-order valence-electron chi connectivity index (χ2n) is 4.28. The number of carbonyl (C=O) groups is 1. The summed E-state index contributed by atoms with van der Waals surface area (Å²) >= 11 is 0. The van der Waals surface area contributed by atoms with E-state index in [2.05, 4.69) is 0 Å². The molecule has 0 bridgehead atoms. The lowest BCUT2D eigenvalue weighted by Gasteiger charge is -2.40. The molecule has 0 fully saturated rings. The summed E-state index contributed by atoms with van der Waals surface area (Å²) in [6, 6.07) is 0. The minimum absolute atomic E-state index is 0.157. The molecule has 0 spiro atoms. The van der Waals surface area contributed by atoms with E-state index in [1.807, 2.05) is 19.9 Å². The Morgan fingerprint density at radius 2 is 2.29 bits per heavy atom. The van der Waals surface area contributed by atoms with Crippen molar-refractivity contribution in [1.29, 1.82) is 0 Å². The molecule has 0 amide bonds. The van der Waals surface area contributed by atoms with E-state index in [1.54, 1.807) is 18.2 Å². The number of allylic oxidation sites excluding steroid dienone is 5. The first-order valence-corrected chi connectivity index (χ1v) is 4.88. The van der Waals surface area contributed by atoms with E-state index >= 15 is 0 Å². The zero-order valence-corrected chi connectivity index (χ0v) is 8.45. The number of carbonyl (C=O) groups excluding carboxylic acids is 1. The SMILES string of the molecule is CC1CC(=O)C=C2C=CC=C(O)C21C. The number of ketones is 1. The number of fused-ring (bicyclic) bond motifs is 1. The maximum absolute atomic E-state index is 11.4. The van der Waals surface area contributed by atoms with Crippen molar-refractivity contribution in [3.63, 3.8) is 0 Å². The fourth-order valence-electron chi connectivity index (χ4n) is 2.21. The Kier molecular flexibility index (Phi) is 1.88. The van der Waals surface area contributed by atoms with Crippen LogP contribution >= 0.6 is 0 Å². The van der Waals surface area contributed by atoms with Gasteiger partial charge < -0.3 is 5.11 Å². The van der Waals surface area contributed by atoms with Crippen LogP contribution < -0.4 is 0 Å². The van der Waals surface area contributed by atoms with Gasteiger partial charge in [-0.1, -0.05) is 19.1 Å². The summed E-state index contributed by atoms with van der Waals surface area (Å²) in [6.45, 7) is 4.00. The number of aliphatic hydroxyl groups is 1. The Balaban J connectivity index is 2.56. The van der Waals surface area contributed by atoms with Crippen molar-refractivity contribution in [2.24, 2.45) is 11.3 Å². The van der Waals surface area contributed by atoms with Crippen molar-refractivity contribution >= 4 is 5.78 Å². The van der Waals surface area contributed by atoms with E-state index in [1.165, 1.54) is 0 Å². The fraction of sp³-hybridized carbons (Fsp3) is 0.417. The van der Waals surface area contributed by atoms with Crippen molar-refractivity contribution in [2.45, 2.75) is 20.3 Å². The normalized spacial score (nSPS) is 36.1. The van der Waals surface area contributed by atoms with Crippen LogP contribution in [-0.4, -0.2) is 10.9 Å². The molecule has 0 saturated carbocycles. The highest BCUT2D eigenvalue weighted by Gasteiger charge is 2.42. The molecule has 2 unspecified atom stereocenters. The Morgan fingerprint density at radius 3 is 3.00 bits per heavy atom. The van der Waals surface area contributed by atoms with Crippen LogP contribution in [0.4, 0.5) is 0 Å². The predicted octanol–water partition coefficient (Wildman–Crippen LogP) is 2.54. The Labute approximate surface area is 83.6 Å². The lowest BCUT2D eigenvalue weighted by Crippen LogP contribution is -2.35. The van der Waals surface area contributed by atoms with Gasteiger partial charge >= 0.3 is 0 Å². The highest BCUT2D eigenvalue weighted by Crippen LogP contribution is 2.47. The fourth-order valence-corrected chi connectivity index (χ4v) is 2.21. The van der Waals surface area contributed by atoms with Gasteiger partial charge in [0.05, 0.1) is 5.41 Å². The smallest absolute Gasteiger partial charge is 0.156 e. The lowest BCUT2D eigenvalue weighted by atomic mass is 9.64. The van der Waals surface area contributed by atoms with Gasteiger partial charge in [0.2, 0.25) is 0 Å². The van der Waals surface area contributed by atoms with Crippen molar-refractivity contribution in [3.05, 3.63) is 35.6 Å². The zero-order valence-electron chi connectivity index (χ0n) is 8.45. The van der Waals surface area contributed by atoms with Gasteiger partial charge in [-0.15, -0.1) is 0 Å². The molecule has 2 nitrogen and oxygen atoms in total. The monoisotopic (exact) mass is 190 g/mol. The van der Waals surface area contributed by atoms with Crippen LogP contribution in [0.25, 0.3) is 0 Å². The van der Waals surface area contributed by atoms with E-state index in [9.17, 15) is 9.90 Å². The van der Waals surface area contributed by atoms with Crippen molar-refractivity contribution in [2.75, 3.05) is 0 Å². The maximum Gasteiger partial charge on any atom is 0.156 e. The molecule has 74 valence electrons. The van der Waals surface area contributed by atoms with Crippen molar-refractivity contribution < 1.29 is 9.90 Å². The van der Waals surface area contributed by atoms with Gasteiger partial charge in [0.1, 0.15) is 5.76 Å². The summed E-state index contributed by atoms with van der Waals surface area (Å²) in [4.78, 5) is 11.4. The number of aliphatic hydroxyl groups excluding tert-OH is 1. The molecule has 1 N–H and O–H groups in total. The summed E-state index contributed by atoms with van der Waals surface area (Å²) in [5.41, 5.74) is 0.573. The molecule has 0 aliphatic heterocycles. The predicted molar refractivity (Wildman–Crippen MR) is 54.8 cm³/mol. The van der Waals surface area contributed by atoms with Crippen LogP contribution in [0, 0.1) is 11.3 Å².